The standard InChI is InChI=1S/C15H18ClNO2S/c16-11-13-12-20-15(17-13)7-4-8-18-9-10-19-14-5-2-1-3-6-14/h1-3,5-6,12H,4,7-11H2. The zero-order valence-corrected chi connectivity index (χ0v) is 12.8. The van der Waals surface area contributed by atoms with Crippen molar-refractivity contribution < 1.29 is 9.47 Å². The fraction of sp³-hybridized carbons (Fsp3) is 0.400. The van der Waals surface area contributed by atoms with Gasteiger partial charge in [-0.15, -0.1) is 22.9 Å². The average Bonchev–Trinajstić information content (AvgIpc) is 2.95. The Kier molecular flexibility index (Phi) is 6.84. The summed E-state index contributed by atoms with van der Waals surface area (Å²) in [6.07, 6.45) is 1.92. The van der Waals surface area contributed by atoms with Crippen molar-refractivity contribution in [1.29, 1.82) is 0 Å². The number of aromatic nitrogens is 1. The van der Waals surface area contributed by atoms with E-state index in [1.807, 2.05) is 35.7 Å². The topological polar surface area (TPSA) is 31.4 Å². The lowest BCUT2D eigenvalue weighted by Crippen LogP contribution is -2.07. The minimum atomic E-state index is 0.490. The lowest BCUT2D eigenvalue weighted by atomic mass is 10.3. The number of benzene rings is 1. The Morgan fingerprint density at radius 3 is 2.70 bits per heavy atom. The molecule has 108 valence electrons. The van der Waals surface area contributed by atoms with Crippen molar-refractivity contribution in [3.63, 3.8) is 0 Å². The Morgan fingerprint density at radius 2 is 1.95 bits per heavy atom. The van der Waals surface area contributed by atoms with Gasteiger partial charge >= 0.3 is 0 Å². The zero-order valence-electron chi connectivity index (χ0n) is 11.3. The molecule has 0 aliphatic heterocycles. The van der Waals surface area contributed by atoms with Crippen LogP contribution in [-0.4, -0.2) is 24.8 Å². The summed E-state index contributed by atoms with van der Waals surface area (Å²) in [5.41, 5.74) is 0.962. The van der Waals surface area contributed by atoms with Crippen LogP contribution in [0.25, 0.3) is 0 Å². The first kappa shape index (κ1) is 15.3. The van der Waals surface area contributed by atoms with Gasteiger partial charge in [0.15, 0.2) is 0 Å². The highest BCUT2D eigenvalue weighted by Gasteiger charge is 2.00. The number of para-hydroxylation sites is 1. The Labute approximate surface area is 128 Å². The van der Waals surface area contributed by atoms with E-state index >= 15 is 0 Å². The first-order chi connectivity index (χ1) is 9.88. The number of ether oxygens (including phenoxy) is 2. The summed E-state index contributed by atoms with van der Waals surface area (Å²) in [6, 6.07) is 9.77. The third-order valence-corrected chi connectivity index (χ3v) is 3.89. The molecule has 2 rings (SSSR count). The van der Waals surface area contributed by atoms with Gasteiger partial charge in [-0.3, -0.25) is 0 Å². The smallest absolute Gasteiger partial charge is 0.119 e. The van der Waals surface area contributed by atoms with Gasteiger partial charge in [-0.05, 0) is 18.6 Å². The molecule has 1 heterocycles. The summed E-state index contributed by atoms with van der Waals surface area (Å²) in [5.74, 6) is 1.37. The van der Waals surface area contributed by atoms with Gasteiger partial charge in [-0.25, -0.2) is 4.98 Å². The van der Waals surface area contributed by atoms with E-state index in [4.69, 9.17) is 21.1 Å². The van der Waals surface area contributed by atoms with Gasteiger partial charge in [0, 0.05) is 18.4 Å². The number of nitrogens with zero attached hydrogens (tertiary/aromatic N) is 1. The predicted molar refractivity (Wildman–Crippen MR) is 82.7 cm³/mol. The van der Waals surface area contributed by atoms with Crippen molar-refractivity contribution in [3.05, 3.63) is 46.4 Å². The Hall–Kier alpha value is -1.10. The molecule has 5 heteroatoms. The molecular formula is C15H18ClNO2S. The molecular weight excluding hydrogens is 294 g/mol. The van der Waals surface area contributed by atoms with Crippen LogP contribution in [0, 0.1) is 0 Å². The van der Waals surface area contributed by atoms with E-state index in [1.165, 1.54) is 0 Å². The number of aryl methyl sites for hydroxylation is 1. The van der Waals surface area contributed by atoms with Crippen LogP contribution < -0.4 is 4.74 Å². The predicted octanol–water partition coefficient (Wildman–Crippen LogP) is 3.91. The molecule has 0 spiro atoms. The van der Waals surface area contributed by atoms with Crippen LogP contribution in [0.3, 0.4) is 0 Å². The summed E-state index contributed by atoms with van der Waals surface area (Å²) in [4.78, 5) is 4.41. The molecule has 0 fully saturated rings. The molecule has 2 aromatic rings. The van der Waals surface area contributed by atoms with Gasteiger partial charge in [0.25, 0.3) is 0 Å². The van der Waals surface area contributed by atoms with E-state index < -0.39 is 0 Å². The number of halogens is 1. The summed E-state index contributed by atoms with van der Waals surface area (Å²) in [6.45, 7) is 1.92. The van der Waals surface area contributed by atoms with Crippen LogP contribution in [0.5, 0.6) is 5.75 Å². The molecule has 0 atom stereocenters. The molecule has 0 N–H and O–H groups in total. The van der Waals surface area contributed by atoms with Crippen LogP contribution in [0.15, 0.2) is 35.7 Å². The Morgan fingerprint density at radius 1 is 1.10 bits per heavy atom. The van der Waals surface area contributed by atoms with Crippen LogP contribution in [0.4, 0.5) is 0 Å². The molecule has 0 bridgehead atoms. The molecule has 0 saturated carbocycles. The zero-order chi connectivity index (χ0) is 14.0. The highest BCUT2D eigenvalue weighted by Crippen LogP contribution is 2.13. The highest BCUT2D eigenvalue weighted by atomic mass is 35.5. The summed E-state index contributed by atoms with van der Waals surface area (Å²) < 4.78 is 11.1. The molecule has 0 unspecified atom stereocenters. The Balaban J connectivity index is 1.49. The number of hydrogen-bond donors (Lipinski definition) is 0. The van der Waals surface area contributed by atoms with Gasteiger partial charge in [0.1, 0.15) is 12.4 Å². The third-order valence-electron chi connectivity index (χ3n) is 2.66. The normalized spacial score (nSPS) is 10.7. The first-order valence-corrected chi connectivity index (χ1v) is 8.05. The monoisotopic (exact) mass is 311 g/mol. The van der Waals surface area contributed by atoms with Crippen LogP contribution >= 0.6 is 22.9 Å². The first-order valence-electron chi connectivity index (χ1n) is 6.63. The molecule has 3 nitrogen and oxygen atoms in total. The molecule has 0 amide bonds. The van der Waals surface area contributed by atoms with Gasteiger partial charge in [0.05, 0.1) is 23.2 Å². The van der Waals surface area contributed by atoms with Crippen molar-refractivity contribution in [2.45, 2.75) is 18.7 Å². The highest BCUT2D eigenvalue weighted by molar-refractivity contribution is 7.09. The van der Waals surface area contributed by atoms with E-state index in [1.54, 1.807) is 11.3 Å². The van der Waals surface area contributed by atoms with E-state index in [0.29, 0.717) is 19.1 Å². The fourth-order valence-electron chi connectivity index (χ4n) is 1.69. The minimum Gasteiger partial charge on any atom is -0.491 e. The van der Waals surface area contributed by atoms with E-state index in [2.05, 4.69) is 4.98 Å². The second kappa shape index (κ2) is 8.95. The molecule has 0 aliphatic rings. The van der Waals surface area contributed by atoms with Crippen molar-refractivity contribution >= 4 is 22.9 Å². The van der Waals surface area contributed by atoms with Crippen molar-refractivity contribution in [3.8, 4) is 5.75 Å². The number of thiazole rings is 1. The Bertz CT molecular complexity index is 490. The van der Waals surface area contributed by atoms with Crippen LogP contribution in [0.1, 0.15) is 17.1 Å². The molecule has 0 saturated heterocycles. The molecule has 1 aromatic heterocycles. The lowest BCUT2D eigenvalue weighted by Gasteiger charge is -2.06. The lowest BCUT2D eigenvalue weighted by molar-refractivity contribution is 0.0985. The van der Waals surface area contributed by atoms with Crippen molar-refractivity contribution in [1.82, 2.24) is 4.98 Å². The number of hydrogen-bond acceptors (Lipinski definition) is 4. The van der Waals surface area contributed by atoms with Gasteiger partial charge in [-0.2, -0.15) is 0 Å². The second-order valence-electron chi connectivity index (χ2n) is 4.24. The quantitative estimate of drug-likeness (QED) is 0.520. The van der Waals surface area contributed by atoms with Gasteiger partial charge in [0.2, 0.25) is 0 Å². The summed E-state index contributed by atoms with van der Waals surface area (Å²) >= 11 is 7.38. The maximum atomic E-state index is 5.71. The minimum absolute atomic E-state index is 0.490. The molecule has 0 radical (unpaired) electrons. The summed E-state index contributed by atoms with van der Waals surface area (Å²) in [7, 11) is 0. The maximum absolute atomic E-state index is 5.71. The molecule has 0 aliphatic carbocycles. The fourth-order valence-corrected chi connectivity index (χ4v) is 2.76. The van der Waals surface area contributed by atoms with Gasteiger partial charge < -0.3 is 9.47 Å². The summed E-state index contributed by atoms with van der Waals surface area (Å²) in [5, 5.41) is 3.14. The average molecular weight is 312 g/mol. The maximum Gasteiger partial charge on any atom is 0.119 e. The number of alkyl halides is 1. The third kappa shape index (κ3) is 5.49. The molecule has 1 aromatic carbocycles. The van der Waals surface area contributed by atoms with Crippen molar-refractivity contribution in [2.24, 2.45) is 0 Å². The van der Waals surface area contributed by atoms with Gasteiger partial charge in [-0.1, -0.05) is 18.2 Å². The second-order valence-corrected chi connectivity index (χ2v) is 5.45. The van der Waals surface area contributed by atoms with Crippen molar-refractivity contribution in [2.75, 3.05) is 19.8 Å². The van der Waals surface area contributed by atoms with E-state index in [9.17, 15) is 0 Å². The van der Waals surface area contributed by atoms with E-state index in [0.717, 1.165) is 35.9 Å². The molecule has 20 heavy (non-hydrogen) atoms. The SMILES string of the molecule is ClCc1csc(CCCOCCOc2ccccc2)n1. The number of rotatable bonds is 9. The van der Waals surface area contributed by atoms with Crippen LogP contribution in [0.2, 0.25) is 0 Å². The largest absolute Gasteiger partial charge is 0.491 e. The van der Waals surface area contributed by atoms with Crippen LogP contribution in [-0.2, 0) is 17.0 Å². The van der Waals surface area contributed by atoms with E-state index in [-0.39, 0.29) is 0 Å².